The van der Waals surface area contributed by atoms with Gasteiger partial charge in [-0.2, -0.15) is 0 Å². The number of rotatable bonds is 3. The van der Waals surface area contributed by atoms with Crippen molar-refractivity contribution in [1.82, 2.24) is 19.9 Å². The Balaban J connectivity index is 1.71. The van der Waals surface area contributed by atoms with E-state index in [9.17, 15) is 0 Å². The second-order valence-corrected chi connectivity index (χ2v) is 5.18. The molecule has 2 aromatic rings. The minimum Gasteiger partial charge on any atom is -0.324 e. The fourth-order valence-electron chi connectivity index (χ4n) is 2.67. The van der Waals surface area contributed by atoms with E-state index in [2.05, 4.69) is 38.3 Å². The number of piperidine rings is 1. The van der Waals surface area contributed by atoms with Gasteiger partial charge in [0.25, 0.3) is 0 Å². The van der Waals surface area contributed by atoms with Crippen LogP contribution in [0.1, 0.15) is 30.9 Å². The van der Waals surface area contributed by atoms with Gasteiger partial charge in [0, 0.05) is 24.6 Å². The van der Waals surface area contributed by atoms with Gasteiger partial charge in [-0.3, -0.25) is 9.88 Å². The van der Waals surface area contributed by atoms with Gasteiger partial charge in [0.1, 0.15) is 11.6 Å². The summed E-state index contributed by atoms with van der Waals surface area (Å²) in [6.45, 7) is 1.17. The second-order valence-electron chi connectivity index (χ2n) is 5.18. The molecule has 1 atom stereocenters. The number of aromatic nitrogens is 3. The summed E-state index contributed by atoms with van der Waals surface area (Å²) < 4.78 is 0. The standard InChI is InChI=1S/C15H19N5/c1-20-9-3-2-4-13(20)12-5-6-14(18-10-12)19-15-11-16-7-8-17-15/h5-8,10-11,13H,2-4,9H2,1H3,(H,17,18,19)/t13-/m0/s1. The first-order valence-corrected chi connectivity index (χ1v) is 7.02. The van der Waals surface area contributed by atoms with E-state index in [1.807, 2.05) is 12.3 Å². The number of likely N-dealkylation sites (tertiary alicyclic amines) is 1. The predicted octanol–water partition coefficient (Wildman–Crippen LogP) is 2.77. The molecule has 0 spiro atoms. The summed E-state index contributed by atoms with van der Waals surface area (Å²) in [6, 6.07) is 4.66. The lowest BCUT2D eigenvalue weighted by Crippen LogP contribution is -2.29. The predicted molar refractivity (Wildman–Crippen MR) is 78.8 cm³/mol. The Kier molecular flexibility index (Phi) is 3.87. The Morgan fingerprint density at radius 3 is 2.75 bits per heavy atom. The molecule has 0 aliphatic carbocycles. The lowest BCUT2D eigenvalue weighted by atomic mass is 9.97. The molecule has 0 unspecified atom stereocenters. The largest absolute Gasteiger partial charge is 0.324 e. The lowest BCUT2D eigenvalue weighted by molar-refractivity contribution is 0.187. The highest BCUT2D eigenvalue weighted by atomic mass is 15.1. The SMILES string of the molecule is CN1CCCC[C@H]1c1ccc(Nc2cnccn2)nc1. The monoisotopic (exact) mass is 269 g/mol. The highest BCUT2D eigenvalue weighted by Gasteiger charge is 2.20. The third-order valence-corrected chi connectivity index (χ3v) is 3.76. The van der Waals surface area contributed by atoms with Crippen LogP contribution in [0.4, 0.5) is 11.6 Å². The molecule has 0 aromatic carbocycles. The van der Waals surface area contributed by atoms with Crippen molar-refractivity contribution in [2.75, 3.05) is 18.9 Å². The zero-order chi connectivity index (χ0) is 13.8. The topological polar surface area (TPSA) is 53.9 Å². The van der Waals surface area contributed by atoms with Crippen LogP contribution in [0.3, 0.4) is 0 Å². The maximum absolute atomic E-state index is 4.48. The molecular weight excluding hydrogens is 250 g/mol. The van der Waals surface area contributed by atoms with Crippen molar-refractivity contribution in [2.45, 2.75) is 25.3 Å². The molecular formula is C15H19N5. The van der Waals surface area contributed by atoms with E-state index in [0.717, 1.165) is 5.82 Å². The van der Waals surface area contributed by atoms with Gasteiger partial charge in [0.15, 0.2) is 0 Å². The van der Waals surface area contributed by atoms with E-state index in [0.29, 0.717) is 11.9 Å². The second kappa shape index (κ2) is 5.96. The van der Waals surface area contributed by atoms with Crippen molar-refractivity contribution in [2.24, 2.45) is 0 Å². The molecule has 3 heterocycles. The number of pyridine rings is 1. The fourth-order valence-corrected chi connectivity index (χ4v) is 2.67. The molecule has 20 heavy (non-hydrogen) atoms. The molecule has 2 aromatic heterocycles. The van der Waals surface area contributed by atoms with Gasteiger partial charge in [0.05, 0.1) is 6.20 Å². The van der Waals surface area contributed by atoms with Gasteiger partial charge in [-0.25, -0.2) is 9.97 Å². The molecule has 0 amide bonds. The van der Waals surface area contributed by atoms with Crippen LogP contribution in [-0.4, -0.2) is 33.4 Å². The summed E-state index contributed by atoms with van der Waals surface area (Å²) in [5, 5.41) is 3.15. The Morgan fingerprint density at radius 2 is 2.05 bits per heavy atom. The average molecular weight is 269 g/mol. The molecule has 104 valence electrons. The van der Waals surface area contributed by atoms with Crippen LogP contribution in [0.25, 0.3) is 0 Å². The van der Waals surface area contributed by atoms with Crippen LogP contribution >= 0.6 is 0 Å². The van der Waals surface area contributed by atoms with E-state index >= 15 is 0 Å². The molecule has 5 nitrogen and oxygen atoms in total. The first kappa shape index (κ1) is 13.0. The third kappa shape index (κ3) is 2.93. The van der Waals surface area contributed by atoms with Crippen molar-refractivity contribution < 1.29 is 0 Å². The van der Waals surface area contributed by atoms with E-state index < -0.39 is 0 Å². The molecule has 1 N–H and O–H groups in total. The van der Waals surface area contributed by atoms with Gasteiger partial charge in [0.2, 0.25) is 0 Å². The number of nitrogens with zero attached hydrogens (tertiary/aromatic N) is 4. The zero-order valence-corrected chi connectivity index (χ0v) is 11.7. The maximum Gasteiger partial charge on any atom is 0.150 e. The van der Waals surface area contributed by atoms with E-state index in [1.165, 1.54) is 31.4 Å². The Labute approximate surface area is 119 Å². The molecule has 3 rings (SSSR count). The number of hydrogen-bond donors (Lipinski definition) is 1. The Bertz CT molecular complexity index is 540. The normalized spacial score (nSPS) is 19.8. The first-order chi connectivity index (χ1) is 9.83. The summed E-state index contributed by atoms with van der Waals surface area (Å²) in [6.07, 6.45) is 10.8. The van der Waals surface area contributed by atoms with Crippen LogP contribution in [0.5, 0.6) is 0 Å². The van der Waals surface area contributed by atoms with Crippen LogP contribution in [0, 0.1) is 0 Å². The van der Waals surface area contributed by atoms with Gasteiger partial charge in [-0.15, -0.1) is 0 Å². The van der Waals surface area contributed by atoms with Gasteiger partial charge >= 0.3 is 0 Å². The molecule has 5 heteroatoms. The molecule has 0 bridgehead atoms. The van der Waals surface area contributed by atoms with Crippen molar-refractivity contribution in [3.8, 4) is 0 Å². The lowest BCUT2D eigenvalue weighted by Gasteiger charge is -2.32. The third-order valence-electron chi connectivity index (χ3n) is 3.76. The van der Waals surface area contributed by atoms with E-state index in [1.54, 1.807) is 18.6 Å². The van der Waals surface area contributed by atoms with Crippen LogP contribution < -0.4 is 5.32 Å². The Hall–Kier alpha value is -2.01. The Morgan fingerprint density at radius 1 is 1.10 bits per heavy atom. The van der Waals surface area contributed by atoms with Crippen molar-refractivity contribution in [3.05, 3.63) is 42.5 Å². The van der Waals surface area contributed by atoms with Crippen LogP contribution in [-0.2, 0) is 0 Å². The highest BCUT2D eigenvalue weighted by molar-refractivity contribution is 5.50. The van der Waals surface area contributed by atoms with Crippen molar-refractivity contribution >= 4 is 11.6 Å². The van der Waals surface area contributed by atoms with E-state index in [-0.39, 0.29) is 0 Å². The number of anilines is 2. The molecule has 1 aliphatic rings. The smallest absolute Gasteiger partial charge is 0.150 e. The van der Waals surface area contributed by atoms with Crippen LogP contribution in [0.15, 0.2) is 36.9 Å². The molecule has 1 fully saturated rings. The zero-order valence-electron chi connectivity index (χ0n) is 11.7. The van der Waals surface area contributed by atoms with Crippen LogP contribution in [0.2, 0.25) is 0 Å². The van der Waals surface area contributed by atoms with E-state index in [4.69, 9.17) is 0 Å². The highest BCUT2D eigenvalue weighted by Crippen LogP contribution is 2.29. The fraction of sp³-hybridized carbons (Fsp3) is 0.400. The molecule has 1 aliphatic heterocycles. The number of hydrogen-bond acceptors (Lipinski definition) is 5. The quantitative estimate of drug-likeness (QED) is 0.928. The average Bonchev–Trinajstić information content (AvgIpc) is 2.50. The van der Waals surface area contributed by atoms with Gasteiger partial charge in [-0.1, -0.05) is 12.5 Å². The van der Waals surface area contributed by atoms with Crippen molar-refractivity contribution in [1.29, 1.82) is 0 Å². The maximum atomic E-state index is 4.48. The summed E-state index contributed by atoms with van der Waals surface area (Å²) in [5.74, 6) is 1.51. The summed E-state index contributed by atoms with van der Waals surface area (Å²) in [5.41, 5.74) is 1.29. The van der Waals surface area contributed by atoms with Gasteiger partial charge in [-0.05, 0) is 38.1 Å². The minimum absolute atomic E-state index is 0.502. The summed E-state index contributed by atoms with van der Waals surface area (Å²) >= 11 is 0. The van der Waals surface area contributed by atoms with Crippen molar-refractivity contribution in [3.63, 3.8) is 0 Å². The minimum atomic E-state index is 0.502. The summed E-state index contributed by atoms with van der Waals surface area (Å²) in [4.78, 5) is 15.1. The molecule has 1 saturated heterocycles. The molecule has 0 saturated carbocycles. The summed E-state index contributed by atoms with van der Waals surface area (Å²) in [7, 11) is 2.19. The number of nitrogens with one attached hydrogen (secondary N) is 1. The molecule has 0 radical (unpaired) electrons. The first-order valence-electron chi connectivity index (χ1n) is 7.02. The van der Waals surface area contributed by atoms with Gasteiger partial charge < -0.3 is 5.32 Å².